The van der Waals surface area contributed by atoms with Crippen molar-refractivity contribution >= 4 is 0 Å². The van der Waals surface area contributed by atoms with Crippen LogP contribution in [0.1, 0.15) is 0 Å². The Morgan fingerprint density at radius 1 is 0.286 bits per heavy atom. The van der Waals surface area contributed by atoms with Gasteiger partial charge in [0.1, 0.15) is 0 Å². The summed E-state index contributed by atoms with van der Waals surface area (Å²) in [5, 5.41) is 0. The molecule has 7 heavy (non-hydrogen) atoms. The van der Waals surface area contributed by atoms with Crippen molar-refractivity contribution in [2.75, 3.05) is 0 Å². The van der Waals surface area contributed by atoms with E-state index in [1.807, 2.05) is 0 Å². The first kappa shape index (κ1) is 304. The quantitative estimate of drug-likeness (QED) is 0.519. The van der Waals surface area contributed by atoms with E-state index in [0.717, 1.165) is 0 Å². The molecule has 0 spiro atoms. The van der Waals surface area contributed by atoms with Crippen LogP contribution in [0.25, 0.3) is 0 Å². The summed E-state index contributed by atoms with van der Waals surface area (Å²) < 4.78 is 0. The molecule has 0 unspecified atom stereocenters. The Morgan fingerprint density at radius 2 is 0.286 bits per heavy atom. The Bertz CT molecular complexity index is 6.04. The number of rotatable bonds is 0. The predicted octanol–water partition coefficient (Wildman–Crippen LogP) is -0.599. The Morgan fingerprint density at radius 3 is 0.286 bits per heavy atom. The van der Waals surface area contributed by atoms with E-state index in [0.29, 0.717) is 0 Å². The van der Waals surface area contributed by atoms with Gasteiger partial charge < -0.3 is 27.4 Å². The Kier molecular flexibility index (Phi) is 8590. The molecule has 0 rings (SSSR count). The standard InChI is InChI=1S/2Mo.5O/q2*+5;5*-2. The largest absolute Gasteiger partial charge is 5.00 e. The molecular formula is Mo2O5. The third-order valence-corrected chi connectivity index (χ3v) is 0. The van der Waals surface area contributed by atoms with E-state index in [9.17, 15) is 0 Å². The van der Waals surface area contributed by atoms with Crippen molar-refractivity contribution in [3.8, 4) is 0 Å². The fourth-order valence-electron chi connectivity index (χ4n) is 0. The van der Waals surface area contributed by atoms with Crippen LogP contribution in [0, 0.1) is 0 Å². The van der Waals surface area contributed by atoms with Crippen molar-refractivity contribution < 1.29 is 69.5 Å². The smallest absolute Gasteiger partial charge is 2.00 e. The molecular weight excluding hydrogens is 272 g/mol. The summed E-state index contributed by atoms with van der Waals surface area (Å²) in [7, 11) is 0. The molecule has 0 aromatic carbocycles. The van der Waals surface area contributed by atoms with Crippen molar-refractivity contribution in [2.24, 2.45) is 0 Å². The van der Waals surface area contributed by atoms with E-state index >= 15 is 0 Å². The number of hydrogen-bond acceptors (Lipinski definition) is 0. The van der Waals surface area contributed by atoms with Crippen LogP contribution < -0.4 is 0 Å². The van der Waals surface area contributed by atoms with E-state index in [4.69, 9.17) is 0 Å². The fraction of sp³-hybridized carbons (Fsp3) is 0. The molecule has 0 aromatic heterocycles. The van der Waals surface area contributed by atoms with Crippen LogP contribution in [0.3, 0.4) is 0 Å². The van der Waals surface area contributed by atoms with Crippen LogP contribution in [0.2, 0.25) is 0 Å². The molecule has 0 heterocycles. The van der Waals surface area contributed by atoms with Crippen molar-refractivity contribution in [1.82, 2.24) is 0 Å². The van der Waals surface area contributed by atoms with Crippen molar-refractivity contribution in [3.05, 3.63) is 0 Å². The molecule has 5 nitrogen and oxygen atoms in total. The molecule has 0 bridgehead atoms. The second-order valence-electron chi connectivity index (χ2n) is 0. The molecule has 42 valence electrons. The van der Waals surface area contributed by atoms with Gasteiger partial charge in [-0.3, -0.25) is 0 Å². The van der Waals surface area contributed by atoms with Crippen LogP contribution in [-0.2, 0) is 69.5 Å². The van der Waals surface area contributed by atoms with Crippen molar-refractivity contribution in [3.63, 3.8) is 0 Å². The Hall–Kier alpha value is 1.18. The normalized spacial score (nSPS) is 0. The minimum atomic E-state index is 0. The molecule has 0 atom stereocenters. The van der Waals surface area contributed by atoms with Gasteiger partial charge in [-0.25, -0.2) is 0 Å². The van der Waals surface area contributed by atoms with E-state index in [1.165, 1.54) is 0 Å². The zero-order valence-corrected chi connectivity index (χ0v) is 6.87. The van der Waals surface area contributed by atoms with Crippen LogP contribution in [0.15, 0.2) is 0 Å². The summed E-state index contributed by atoms with van der Waals surface area (Å²) in [4.78, 5) is 0. The molecule has 0 aliphatic rings. The van der Waals surface area contributed by atoms with Gasteiger partial charge in [0.25, 0.3) is 0 Å². The summed E-state index contributed by atoms with van der Waals surface area (Å²) in [5.41, 5.74) is 0. The predicted molar refractivity (Wildman–Crippen MR) is 3.43 cm³/mol. The monoisotopic (exact) mass is 276 g/mol. The Balaban J connectivity index is 0. The van der Waals surface area contributed by atoms with Crippen LogP contribution >= 0.6 is 0 Å². The van der Waals surface area contributed by atoms with E-state index in [-0.39, 0.29) is 69.5 Å². The summed E-state index contributed by atoms with van der Waals surface area (Å²) in [5.74, 6) is 0. The first-order valence-corrected chi connectivity index (χ1v) is 0. The Labute approximate surface area is 69.5 Å². The average molecular weight is 272 g/mol. The van der Waals surface area contributed by atoms with Gasteiger partial charge in [-0.15, -0.1) is 0 Å². The summed E-state index contributed by atoms with van der Waals surface area (Å²) in [6.45, 7) is 0. The summed E-state index contributed by atoms with van der Waals surface area (Å²) in [6.07, 6.45) is 0. The first-order chi connectivity index (χ1) is 0. The molecule has 0 aliphatic carbocycles. The molecule has 0 amide bonds. The molecule has 0 fully saturated rings. The zero-order chi connectivity index (χ0) is 0. The van der Waals surface area contributed by atoms with E-state index in [2.05, 4.69) is 0 Å². The maximum atomic E-state index is 0. The number of hydrogen-bond donors (Lipinski definition) is 0. The van der Waals surface area contributed by atoms with Gasteiger partial charge in [-0.1, -0.05) is 0 Å². The van der Waals surface area contributed by atoms with Crippen molar-refractivity contribution in [1.29, 1.82) is 0 Å². The SMILES string of the molecule is [Mo+5].[Mo+5].[O-2].[O-2].[O-2].[O-2].[O-2]. The molecule has 2 radical (unpaired) electrons. The zero-order valence-electron chi connectivity index (χ0n) is 2.86. The molecule has 0 saturated heterocycles. The van der Waals surface area contributed by atoms with Crippen LogP contribution in [-0.4, -0.2) is 0 Å². The van der Waals surface area contributed by atoms with Gasteiger partial charge in [0.15, 0.2) is 0 Å². The van der Waals surface area contributed by atoms with Gasteiger partial charge in [0.2, 0.25) is 0 Å². The second-order valence-corrected chi connectivity index (χ2v) is 0. The third kappa shape index (κ3) is 139. The minimum Gasteiger partial charge on any atom is -2.00 e. The molecule has 0 aromatic rings. The van der Waals surface area contributed by atoms with Gasteiger partial charge in [0, 0.05) is 0 Å². The topological polar surface area (TPSA) is 142 Å². The van der Waals surface area contributed by atoms with Crippen LogP contribution in [0.5, 0.6) is 0 Å². The van der Waals surface area contributed by atoms with Gasteiger partial charge in [-0.05, 0) is 0 Å². The molecule has 0 aliphatic heterocycles. The maximum Gasteiger partial charge on any atom is 5.00 e. The maximum absolute atomic E-state index is 0. The first-order valence-electron chi connectivity index (χ1n) is 0. The van der Waals surface area contributed by atoms with E-state index in [1.54, 1.807) is 0 Å². The molecule has 0 N–H and O–H groups in total. The summed E-state index contributed by atoms with van der Waals surface area (Å²) >= 11 is 0. The molecule has 7 heteroatoms. The second kappa shape index (κ2) is 198. The minimum absolute atomic E-state index is 0. The summed E-state index contributed by atoms with van der Waals surface area (Å²) in [6, 6.07) is 0. The molecule has 0 saturated carbocycles. The van der Waals surface area contributed by atoms with Crippen LogP contribution in [0.4, 0.5) is 0 Å². The van der Waals surface area contributed by atoms with Gasteiger partial charge in [-0.2, -0.15) is 0 Å². The fourth-order valence-corrected chi connectivity index (χ4v) is 0. The van der Waals surface area contributed by atoms with Crippen molar-refractivity contribution in [2.45, 2.75) is 0 Å². The average Bonchev–Trinajstić information content (AvgIpc) is 0. The van der Waals surface area contributed by atoms with Gasteiger partial charge in [0.05, 0.1) is 0 Å². The van der Waals surface area contributed by atoms with Gasteiger partial charge >= 0.3 is 42.1 Å². The van der Waals surface area contributed by atoms with E-state index < -0.39 is 0 Å². The third-order valence-electron chi connectivity index (χ3n) is 0.